The third-order valence-corrected chi connectivity index (χ3v) is 4.76. The number of hydrogen-bond donors (Lipinski definition) is 1. The lowest BCUT2D eigenvalue weighted by Crippen LogP contribution is -2.34. The van der Waals surface area contributed by atoms with Crippen LogP contribution in [0.2, 0.25) is 0 Å². The Morgan fingerprint density at radius 1 is 0.933 bits per heavy atom. The van der Waals surface area contributed by atoms with E-state index in [-0.39, 0.29) is 62.3 Å². The molecular formula is C22H39NO7. The van der Waals surface area contributed by atoms with E-state index in [2.05, 4.69) is 32.7 Å². The Morgan fingerprint density at radius 2 is 1.53 bits per heavy atom. The molecule has 0 aromatic heterocycles. The highest BCUT2D eigenvalue weighted by molar-refractivity contribution is 5.81. The van der Waals surface area contributed by atoms with Crippen LogP contribution in [0.15, 0.2) is 12.7 Å². The maximum Gasteiger partial charge on any atom is 0.407 e. The van der Waals surface area contributed by atoms with Crippen molar-refractivity contribution in [2.75, 3.05) is 39.6 Å². The van der Waals surface area contributed by atoms with Crippen molar-refractivity contribution in [2.24, 2.45) is 16.7 Å². The predicted octanol–water partition coefficient (Wildman–Crippen LogP) is 3.49. The van der Waals surface area contributed by atoms with Gasteiger partial charge in [0, 0.05) is 6.08 Å². The Balaban J connectivity index is 3.98. The maximum atomic E-state index is 12.6. The minimum absolute atomic E-state index is 0.0345. The minimum Gasteiger partial charge on any atom is -0.463 e. The fourth-order valence-electron chi connectivity index (χ4n) is 2.45. The van der Waals surface area contributed by atoms with Gasteiger partial charge < -0.3 is 24.3 Å². The van der Waals surface area contributed by atoms with Gasteiger partial charge in [-0.05, 0) is 17.3 Å². The molecule has 1 atom stereocenters. The third-order valence-electron chi connectivity index (χ3n) is 4.76. The van der Waals surface area contributed by atoms with E-state index in [1.807, 2.05) is 20.8 Å². The Hall–Kier alpha value is -2.09. The second-order valence-electron chi connectivity index (χ2n) is 8.85. The van der Waals surface area contributed by atoms with Gasteiger partial charge in [0.2, 0.25) is 0 Å². The van der Waals surface area contributed by atoms with Crippen molar-refractivity contribution >= 4 is 18.0 Å². The molecule has 0 rings (SSSR count). The molecule has 0 aromatic carbocycles. The molecule has 0 aromatic rings. The molecule has 174 valence electrons. The first-order valence-corrected chi connectivity index (χ1v) is 10.4. The van der Waals surface area contributed by atoms with Crippen LogP contribution in [0.5, 0.6) is 0 Å². The Kier molecular flexibility index (Phi) is 13.0. The first-order chi connectivity index (χ1) is 13.9. The van der Waals surface area contributed by atoms with Crippen molar-refractivity contribution in [3.63, 3.8) is 0 Å². The Bertz CT molecular complexity index is 552. The van der Waals surface area contributed by atoms with Gasteiger partial charge in [-0.1, -0.05) is 54.5 Å². The molecule has 0 aliphatic carbocycles. The monoisotopic (exact) mass is 429 g/mol. The normalized spacial score (nSPS) is 12.6. The summed E-state index contributed by atoms with van der Waals surface area (Å²) in [6.45, 7) is 16.6. The zero-order valence-electron chi connectivity index (χ0n) is 19.4. The van der Waals surface area contributed by atoms with Crippen LogP contribution in [0.1, 0.15) is 54.4 Å². The summed E-state index contributed by atoms with van der Waals surface area (Å²) < 4.78 is 20.4. The first kappa shape index (κ1) is 27.9. The number of hydrogen-bond acceptors (Lipinski definition) is 7. The Morgan fingerprint density at radius 3 is 2.07 bits per heavy atom. The van der Waals surface area contributed by atoms with Gasteiger partial charge in [0.25, 0.3) is 0 Å². The average molecular weight is 430 g/mol. The highest BCUT2D eigenvalue weighted by Crippen LogP contribution is 2.38. The first-order valence-electron chi connectivity index (χ1n) is 10.4. The molecule has 8 heteroatoms. The molecule has 0 bridgehead atoms. The van der Waals surface area contributed by atoms with Crippen molar-refractivity contribution < 1.29 is 33.3 Å². The van der Waals surface area contributed by atoms with Gasteiger partial charge in [-0.2, -0.15) is 0 Å². The summed E-state index contributed by atoms with van der Waals surface area (Å²) in [5.74, 6) is -0.951. The summed E-state index contributed by atoms with van der Waals surface area (Å²) >= 11 is 0. The van der Waals surface area contributed by atoms with E-state index in [9.17, 15) is 14.4 Å². The lowest BCUT2D eigenvalue weighted by Gasteiger charge is -2.35. The van der Waals surface area contributed by atoms with E-state index in [0.717, 1.165) is 18.9 Å². The van der Waals surface area contributed by atoms with Gasteiger partial charge in [0.1, 0.15) is 19.8 Å². The maximum absolute atomic E-state index is 12.6. The minimum atomic E-state index is -0.633. The van der Waals surface area contributed by atoms with E-state index in [1.54, 1.807) is 0 Å². The molecular weight excluding hydrogens is 390 g/mol. The Labute approximate surface area is 180 Å². The van der Waals surface area contributed by atoms with E-state index in [1.165, 1.54) is 0 Å². The number of nitrogens with one attached hydrogen (secondary N) is 1. The van der Waals surface area contributed by atoms with Gasteiger partial charge in [0.15, 0.2) is 0 Å². The van der Waals surface area contributed by atoms with Crippen LogP contribution in [0.25, 0.3) is 0 Å². The number of carbonyl (C=O) groups excluding carboxylic acids is 3. The summed E-state index contributed by atoms with van der Waals surface area (Å²) in [7, 11) is 0. The topological polar surface area (TPSA) is 100 Å². The molecule has 1 N–H and O–H groups in total. The van der Waals surface area contributed by atoms with E-state index in [4.69, 9.17) is 18.9 Å². The average Bonchev–Trinajstić information content (AvgIpc) is 2.67. The number of rotatable bonds is 14. The molecule has 8 nitrogen and oxygen atoms in total. The molecule has 0 aliphatic rings. The highest BCUT2D eigenvalue weighted by Gasteiger charge is 2.36. The highest BCUT2D eigenvalue weighted by atomic mass is 16.6. The van der Waals surface area contributed by atoms with Gasteiger partial charge in [-0.3, -0.25) is 4.79 Å². The van der Waals surface area contributed by atoms with Crippen LogP contribution in [0.3, 0.4) is 0 Å². The summed E-state index contributed by atoms with van der Waals surface area (Å²) in [5.41, 5.74) is -0.117. The summed E-state index contributed by atoms with van der Waals surface area (Å²) in [4.78, 5) is 34.8. The SMILES string of the molecule is C=CC(=O)OCCNC(=O)OCCOCCOC(=O)[C@@H](CC(C)(C)CC)C(C)(C)C. The van der Waals surface area contributed by atoms with Crippen LogP contribution in [-0.2, 0) is 28.5 Å². The molecule has 0 radical (unpaired) electrons. The fourth-order valence-corrected chi connectivity index (χ4v) is 2.45. The van der Waals surface area contributed by atoms with Crippen molar-refractivity contribution in [1.82, 2.24) is 5.32 Å². The van der Waals surface area contributed by atoms with Crippen LogP contribution >= 0.6 is 0 Å². The zero-order valence-corrected chi connectivity index (χ0v) is 19.4. The second-order valence-corrected chi connectivity index (χ2v) is 8.85. The molecule has 0 heterocycles. The molecule has 30 heavy (non-hydrogen) atoms. The van der Waals surface area contributed by atoms with Crippen molar-refractivity contribution in [3.8, 4) is 0 Å². The van der Waals surface area contributed by atoms with Gasteiger partial charge in [0.05, 0.1) is 25.7 Å². The van der Waals surface area contributed by atoms with Crippen LogP contribution in [0, 0.1) is 16.7 Å². The second kappa shape index (κ2) is 14.0. The number of alkyl carbamates (subject to hydrolysis) is 1. The lowest BCUT2D eigenvalue weighted by atomic mass is 9.70. The number of carbonyl (C=O) groups is 3. The lowest BCUT2D eigenvalue weighted by molar-refractivity contribution is -0.155. The van der Waals surface area contributed by atoms with Crippen molar-refractivity contribution in [2.45, 2.75) is 54.4 Å². The van der Waals surface area contributed by atoms with E-state index >= 15 is 0 Å². The van der Waals surface area contributed by atoms with Gasteiger partial charge in [-0.15, -0.1) is 0 Å². The molecule has 0 unspecified atom stereocenters. The van der Waals surface area contributed by atoms with Crippen molar-refractivity contribution in [3.05, 3.63) is 12.7 Å². The quantitative estimate of drug-likeness (QED) is 0.195. The van der Waals surface area contributed by atoms with Crippen LogP contribution in [-0.4, -0.2) is 57.6 Å². The predicted molar refractivity (Wildman–Crippen MR) is 114 cm³/mol. The molecule has 0 saturated carbocycles. The van der Waals surface area contributed by atoms with Crippen LogP contribution in [0.4, 0.5) is 4.79 Å². The molecule has 1 amide bonds. The standard InChI is InChI=1S/C22H39NO7/c1-8-18(24)28-11-10-23-20(26)30-15-13-27-12-14-29-19(25)17(21(3,4)5)16-22(6,7)9-2/h8,17H,1,9-16H2,2-7H3,(H,23,26)/t17-/m1/s1. The van der Waals surface area contributed by atoms with Gasteiger partial charge >= 0.3 is 18.0 Å². The van der Waals surface area contributed by atoms with Crippen molar-refractivity contribution in [1.29, 1.82) is 0 Å². The van der Waals surface area contributed by atoms with E-state index in [0.29, 0.717) is 0 Å². The molecule has 0 spiro atoms. The third kappa shape index (κ3) is 13.2. The number of esters is 2. The largest absolute Gasteiger partial charge is 0.463 e. The van der Waals surface area contributed by atoms with E-state index < -0.39 is 12.1 Å². The van der Waals surface area contributed by atoms with Crippen LogP contribution < -0.4 is 5.32 Å². The summed E-state index contributed by atoms with van der Waals surface area (Å²) in [6, 6.07) is 0. The van der Waals surface area contributed by atoms with Gasteiger partial charge in [-0.25, -0.2) is 9.59 Å². The summed E-state index contributed by atoms with van der Waals surface area (Å²) in [6.07, 6.45) is 2.17. The zero-order chi connectivity index (χ0) is 23.2. The fraction of sp³-hybridized carbons (Fsp3) is 0.773. The number of ether oxygens (including phenoxy) is 4. The smallest absolute Gasteiger partial charge is 0.407 e. The molecule has 0 saturated heterocycles. The molecule has 0 fully saturated rings. The summed E-state index contributed by atoms with van der Waals surface area (Å²) in [5, 5.41) is 2.43. The molecule has 0 aliphatic heterocycles. The number of amides is 1.